The zero-order valence-corrected chi connectivity index (χ0v) is 16.5. The minimum Gasteiger partial charge on any atom is -0.481 e. The number of nitrogens with zero attached hydrogens (tertiary/aromatic N) is 4. The summed E-state index contributed by atoms with van der Waals surface area (Å²) in [5.74, 6) is 0.381. The number of aryl methyl sites for hydroxylation is 2. The number of aromatic nitrogens is 3. The number of carboxylic acids is 1. The van der Waals surface area contributed by atoms with E-state index < -0.39 is 5.97 Å². The monoisotopic (exact) mass is 382 g/mol. The summed E-state index contributed by atoms with van der Waals surface area (Å²) < 4.78 is 0. The number of carbonyl (C=O) groups is 1. The molecular weight excluding hydrogens is 360 g/mol. The average Bonchev–Trinajstić information content (AvgIpc) is 2.96. The predicted octanol–water partition coefficient (Wildman–Crippen LogP) is 4.06. The van der Waals surface area contributed by atoms with Gasteiger partial charge >= 0.3 is 5.97 Å². The molecule has 0 saturated carbocycles. The second-order valence-corrected chi connectivity index (χ2v) is 8.39. The Bertz CT molecular complexity index is 1000. The van der Waals surface area contributed by atoms with Gasteiger partial charge in [0.25, 0.3) is 0 Å². The molecule has 140 valence electrons. The molecule has 27 heavy (non-hydrogen) atoms. The van der Waals surface area contributed by atoms with Crippen molar-refractivity contribution in [1.29, 1.82) is 0 Å². The topological polar surface area (TPSA) is 79.2 Å². The van der Waals surface area contributed by atoms with Crippen LogP contribution in [-0.4, -0.2) is 38.6 Å². The van der Waals surface area contributed by atoms with E-state index in [0.29, 0.717) is 18.8 Å². The standard InChI is InChI=1S/C20H22N4O2S/c1-11-6-7-15(20(25)26)10-24(11)18-16-12(2)13(3)27-19(16)23-17(22-18)14-5-4-8-21-9-14/h4-5,8-9,11,15H,6-7,10H2,1-3H3,(H,25,26). The highest BCUT2D eigenvalue weighted by atomic mass is 32.1. The van der Waals surface area contributed by atoms with E-state index >= 15 is 0 Å². The molecule has 3 aromatic heterocycles. The second-order valence-electron chi connectivity index (χ2n) is 7.19. The number of pyridine rings is 1. The smallest absolute Gasteiger partial charge is 0.308 e. The fourth-order valence-corrected chi connectivity index (χ4v) is 4.69. The summed E-state index contributed by atoms with van der Waals surface area (Å²) >= 11 is 1.66. The number of aliphatic carboxylic acids is 1. The quantitative estimate of drug-likeness (QED) is 0.736. The molecule has 2 atom stereocenters. The van der Waals surface area contributed by atoms with E-state index in [4.69, 9.17) is 9.97 Å². The number of anilines is 1. The van der Waals surface area contributed by atoms with Gasteiger partial charge in [0.1, 0.15) is 10.6 Å². The summed E-state index contributed by atoms with van der Waals surface area (Å²) in [4.78, 5) is 29.8. The lowest BCUT2D eigenvalue weighted by atomic mass is 9.93. The first kappa shape index (κ1) is 17.9. The number of rotatable bonds is 3. The van der Waals surface area contributed by atoms with Gasteiger partial charge in [-0.2, -0.15) is 0 Å². The second kappa shape index (κ2) is 6.88. The highest BCUT2D eigenvalue weighted by molar-refractivity contribution is 7.18. The summed E-state index contributed by atoms with van der Waals surface area (Å²) in [6.45, 7) is 6.80. The maximum atomic E-state index is 11.6. The fourth-order valence-electron chi connectivity index (χ4n) is 3.66. The average molecular weight is 382 g/mol. The van der Waals surface area contributed by atoms with Crippen molar-refractivity contribution < 1.29 is 9.90 Å². The highest BCUT2D eigenvalue weighted by Crippen LogP contribution is 2.39. The van der Waals surface area contributed by atoms with Gasteiger partial charge in [-0.1, -0.05) is 0 Å². The molecule has 3 aromatic rings. The third-order valence-corrected chi connectivity index (χ3v) is 6.53. The van der Waals surface area contributed by atoms with E-state index in [0.717, 1.165) is 28.0 Å². The molecule has 1 saturated heterocycles. The lowest BCUT2D eigenvalue weighted by Gasteiger charge is -2.38. The first-order valence-corrected chi connectivity index (χ1v) is 9.95. The Morgan fingerprint density at radius 1 is 1.30 bits per heavy atom. The van der Waals surface area contributed by atoms with Crippen molar-refractivity contribution in [3.63, 3.8) is 0 Å². The van der Waals surface area contributed by atoms with Crippen LogP contribution in [0.3, 0.4) is 0 Å². The Balaban J connectivity index is 1.91. The molecule has 1 fully saturated rings. The van der Waals surface area contributed by atoms with Crippen LogP contribution in [0.2, 0.25) is 0 Å². The maximum absolute atomic E-state index is 11.6. The van der Waals surface area contributed by atoms with Gasteiger partial charge in [-0.3, -0.25) is 9.78 Å². The summed E-state index contributed by atoms with van der Waals surface area (Å²) in [6.07, 6.45) is 5.04. The Hall–Kier alpha value is -2.54. The fraction of sp³-hybridized carbons (Fsp3) is 0.400. The van der Waals surface area contributed by atoms with E-state index in [1.807, 2.05) is 12.1 Å². The van der Waals surface area contributed by atoms with E-state index in [9.17, 15) is 9.90 Å². The molecule has 0 bridgehead atoms. The Labute approximate surface area is 161 Å². The minimum atomic E-state index is -0.733. The van der Waals surface area contributed by atoms with Crippen LogP contribution < -0.4 is 4.90 Å². The lowest BCUT2D eigenvalue weighted by Crippen LogP contribution is -2.44. The first-order chi connectivity index (χ1) is 13.0. The summed E-state index contributed by atoms with van der Waals surface area (Å²) in [5, 5.41) is 10.6. The van der Waals surface area contributed by atoms with Crippen LogP contribution in [0.25, 0.3) is 21.6 Å². The molecule has 0 aliphatic carbocycles. The number of carboxylic acid groups (broad SMARTS) is 1. The van der Waals surface area contributed by atoms with E-state index in [1.54, 1.807) is 23.7 Å². The molecule has 0 aromatic carbocycles. The van der Waals surface area contributed by atoms with Crippen LogP contribution >= 0.6 is 11.3 Å². The van der Waals surface area contributed by atoms with Crippen LogP contribution in [0.4, 0.5) is 5.82 Å². The van der Waals surface area contributed by atoms with Crippen LogP contribution in [0, 0.1) is 19.8 Å². The number of thiophene rings is 1. The maximum Gasteiger partial charge on any atom is 0.308 e. The lowest BCUT2D eigenvalue weighted by molar-refractivity contribution is -0.142. The SMILES string of the molecule is Cc1sc2nc(-c3cccnc3)nc(N3CC(C(=O)O)CCC3C)c2c1C. The first-order valence-electron chi connectivity index (χ1n) is 9.13. The summed E-state index contributed by atoms with van der Waals surface area (Å²) in [7, 11) is 0. The Kier molecular flexibility index (Phi) is 4.55. The minimum absolute atomic E-state index is 0.236. The third kappa shape index (κ3) is 3.16. The number of hydrogen-bond donors (Lipinski definition) is 1. The van der Waals surface area contributed by atoms with Crippen molar-refractivity contribution in [2.24, 2.45) is 5.92 Å². The molecule has 0 amide bonds. The third-order valence-electron chi connectivity index (χ3n) is 5.43. The van der Waals surface area contributed by atoms with Crippen molar-refractivity contribution >= 4 is 33.3 Å². The van der Waals surface area contributed by atoms with Gasteiger partial charge in [0, 0.05) is 35.4 Å². The molecule has 6 nitrogen and oxygen atoms in total. The van der Waals surface area contributed by atoms with Gasteiger partial charge < -0.3 is 10.0 Å². The van der Waals surface area contributed by atoms with Crippen molar-refractivity contribution in [1.82, 2.24) is 15.0 Å². The molecule has 1 N–H and O–H groups in total. The highest BCUT2D eigenvalue weighted by Gasteiger charge is 2.32. The summed E-state index contributed by atoms with van der Waals surface area (Å²) in [5.41, 5.74) is 2.04. The van der Waals surface area contributed by atoms with E-state index in [1.165, 1.54) is 10.4 Å². The summed E-state index contributed by atoms with van der Waals surface area (Å²) in [6, 6.07) is 4.06. The molecule has 4 heterocycles. The normalized spacial score (nSPS) is 20.2. The molecule has 4 rings (SSSR count). The van der Waals surface area contributed by atoms with Crippen LogP contribution in [0.15, 0.2) is 24.5 Å². The van der Waals surface area contributed by atoms with Crippen LogP contribution in [0.5, 0.6) is 0 Å². The van der Waals surface area contributed by atoms with Crippen LogP contribution in [-0.2, 0) is 4.79 Å². The van der Waals surface area contributed by atoms with Gasteiger partial charge in [-0.25, -0.2) is 9.97 Å². The van der Waals surface area contributed by atoms with Gasteiger partial charge in [-0.05, 0) is 51.3 Å². The number of piperidine rings is 1. The molecule has 2 unspecified atom stereocenters. The van der Waals surface area contributed by atoms with Crippen molar-refractivity contribution in [3.05, 3.63) is 35.0 Å². The van der Waals surface area contributed by atoms with Gasteiger partial charge in [-0.15, -0.1) is 11.3 Å². The zero-order chi connectivity index (χ0) is 19.1. The molecule has 0 radical (unpaired) electrons. The van der Waals surface area contributed by atoms with Crippen molar-refractivity contribution in [2.45, 2.75) is 39.7 Å². The van der Waals surface area contributed by atoms with Crippen molar-refractivity contribution in [3.8, 4) is 11.4 Å². The Morgan fingerprint density at radius 2 is 2.11 bits per heavy atom. The largest absolute Gasteiger partial charge is 0.481 e. The van der Waals surface area contributed by atoms with Crippen LogP contribution in [0.1, 0.15) is 30.2 Å². The van der Waals surface area contributed by atoms with Gasteiger partial charge in [0.2, 0.25) is 0 Å². The zero-order valence-electron chi connectivity index (χ0n) is 15.6. The molecule has 0 spiro atoms. The molecule has 1 aliphatic heterocycles. The number of fused-ring (bicyclic) bond motifs is 1. The molecule has 7 heteroatoms. The van der Waals surface area contributed by atoms with Gasteiger partial charge in [0.15, 0.2) is 5.82 Å². The van der Waals surface area contributed by atoms with Gasteiger partial charge in [0.05, 0.1) is 11.3 Å². The molecule has 1 aliphatic rings. The Morgan fingerprint density at radius 3 is 2.81 bits per heavy atom. The molecular formula is C20H22N4O2S. The number of hydrogen-bond acceptors (Lipinski definition) is 6. The van der Waals surface area contributed by atoms with E-state index in [-0.39, 0.29) is 12.0 Å². The van der Waals surface area contributed by atoms with E-state index in [2.05, 4.69) is 30.7 Å². The predicted molar refractivity (Wildman–Crippen MR) is 107 cm³/mol. The van der Waals surface area contributed by atoms with Crippen molar-refractivity contribution in [2.75, 3.05) is 11.4 Å².